The van der Waals surface area contributed by atoms with E-state index in [9.17, 15) is 9.59 Å². The van der Waals surface area contributed by atoms with Gasteiger partial charge in [0.1, 0.15) is 0 Å². The molecule has 0 amide bonds. The number of halogens is 1. The molecule has 3 heterocycles. The Morgan fingerprint density at radius 3 is 2.68 bits per heavy atom. The van der Waals surface area contributed by atoms with Crippen LogP contribution in [-0.4, -0.2) is 22.1 Å². The Labute approximate surface area is 204 Å². The van der Waals surface area contributed by atoms with Crippen LogP contribution in [0, 0.1) is 0 Å². The van der Waals surface area contributed by atoms with E-state index in [0.717, 1.165) is 16.5 Å². The number of hydrogen-bond acceptors (Lipinski definition) is 6. The molecule has 1 aliphatic rings. The number of aromatic nitrogens is 2. The van der Waals surface area contributed by atoms with Crippen molar-refractivity contribution in [1.82, 2.24) is 9.55 Å². The maximum absolute atomic E-state index is 13.6. The highest BCUT2D eigenvalue weighted by atomic mass is 35.5. The zero-order valence-electron chi connectivity index (χ0n) is 18.5. The lowest BCUT2D eigenvalue weighted by molar-refractivity contribution is -0.139. The van der Waals surface area contributed by atoms with Gasteiger partial charge in [0.2, 0.25) is 0 Å². The molecular formula is C26H20ClN3O3S. The van der Waals surface area contributed by atoms with Gasteiger partial charge in [-0.15, -0.1) is 0 Å². The third kappa shape index (κ3) is 3.87. The van der Waals surface area contributed by atoms with Crippen molar-refractivity contribution >= 4 is 45.9 Å². The third-order valence-corrected chi connectivity index (χ3v) is 6.89. The molecule has 0 bridgehead atoms. The van der Waals surface area contributed by atoms with Gasteiger partial charge < -0.3 is 4.74 Å². The van der Waals surface area contributed by atoms with Crippen molar-refractivity contribution in [2.24, 2.45) is 4.99 Å². The van der Waals surface area contributed by atoms with Crippen molar-refractivity contribution in [3.05, 3.63) is 108 Å². The molecular weight excluding hydrogens is 470 g/mol. The molecule has 0 radical (unpaired) electrons. The minimum absolute atomic E-state index is 0.232. The molecule has 5 rings (SSSR count). The van der Waals surface area contributed by atoms with Crippen molar-refractivity contribution in [2.45, 2.75) is 19.9 Å². The summed E-state index contributed by atoms with van der Waals surface area (Å²) in [7, 11) is 0. The quantitative estimate of drug-likeness (QED) is 0.406. The Kier molecular flexibility index (Phi) is 5.89. The Hall–Kier alpha value is -3.55. The Morgan fingerprint density at radius 2 is 1.91 bits per heavy atom. The maximum atomic E-state index is 13.6. The highest BCUT2D eigenvalue weighted by Crippen LogP contribution is 2.30. The standard InChI is InChI=1S/C26H20ClN3O3S/c1-3-33-25(32)22-15(2)28-26-30(23(22)16-9-5-4-6-10-16)24(31)21(34-26)14-17-13-19(27)18-11-7-8-12-20(18)29-17/h4-14,23H,3H2,1-2H3/b21-14-/t23-/m0/s1. The Bertz CT molecular complexity index is 1640. The molecule has 6 nitrogen and oxygen atoms in total. The molecule has 2 aromatic carbocycles. The van der Waals surface area contributed by atoms with Crippen LogP contribution in [0.1, 0.15) is 31.1 Å². The SMILES string of the molecule is CCOC(=O)C1=C(C)N=c2s/c(=C\c3cc(Cl)c4ccccc4n3)c(=O)n2[C@H]1c1ccccc1. The van der Waals surface area contributed by atoms with Crippen LogP contribution in [-0.2, 0) is 9.53 Å². The molecule has 2 aromatic heterocycles. The summed E-state index contributed by atoms with van der Waals surface area (Å²) in [4.78, 5) is 36.3. The molecule has 170 valence electrons. The molecule has 1 aliphatic heterocycles. The fourth-order valence-corrected chi connectivity index (χ4v) is 5.41. The van der Waals surface area contributed by atoms with E-state index in [1.165, 1.54) is 11.3 Å². The number of nitrogens with zero attached hydrogens (tertiary/aromatic N) is 3. The number of thiazole rings is 1. The lowest BCUT2D eigenvalue weighted by Gasteiger charge is -2.24. The van der Waals surface area contributed by atoms with Crippen LogP contribution in [0.5, 0.6) is 0 Å². The average Bonchev–Trinajstić information content (AvgIpc) is 3.13. The van der Waals surface area contributed by atoms with Crippen LogP contribution in [0.15, 0.2) is 81.7 Å². The molecule has 0 fully saturated rings. The second-order valence-corrected chi connectivity index (χ2v) is 9.18. The van der Waals surface area contributed by atoms with Gasteiger partial charge in [0.15, 0.2) is 4.80 Å². The fourth-order valence-electron chi connectivity index (χ4n) is 4.10. The summed E-state index contributed by atoms with van der Waals surface area (Å²) < 4.78 is 7.33. The van der Waals surface area contributed by atoms with Gasteiger partial charge in [0.05, 0.1) is 44.7 Å². The summed E-state index contributed by atoms with van der Waals surface area (Å²) >= 11 is 7.71. The molecule has 8 heteroatoms. The number of pyridine rings is 1. The lowest BCUT2D eigenvalue weighted by atomic mass is 9.96. The molecule has 0 spiro atoms. The predicted molar refractivity (Wildman–Crippen MR) is 134 cm³/mol. The first-order valence-corrected chi connectivity index (χ1v) is 12.0. The summed E-state index contributed by atoms with van der Waals surface area (Å²) in [5, 5.41) is 1.41. The van der Waals surface area contributed by atoms with Crippen LogP contribution >= 0.6 is 22.9 Å². The van der Waals surface area contributed by atoms with Gasteiger partial charge >= 0.3 is 5.97 Å². The van der Waals surface area contributed by atoms with Crippen molar-refractivity contribution in [1.29, 1.82) is 0 Å². The number of carbonyl (C=O) groups is 1. The number of benzene rings is 2. The van der Waals surface area contributed by atoms with E-state index >= 15 is 0 Å². The summed E-state index contributed by atoms with van der Waals surface area (Å²) in [6.45, 7) is 3.75. The van der Waals surface area contributed by atoms with E-state index in [2.05, 4.69) is 9.98 Å². The van der Waals surface area contributed by atoms with E-state index in [1.54, 1.807) is 30.6 Å². The predicted octanol–water partition coefficient (Wildman–Crippen LogP) is 4.00. The molecule has 4 aromatic rings. The number of para-hydroxylation sites is 1. The minimum Gasteiger partial charge on any atom is -0.463 e. The van der Waals surface area contributed by atoms with Crippen LogP contribution in [0.25, 0.3) is 17.0 Å². The Morgan fingerprint density at radius 1 is 1.18 bits per heavy atom. The largest absolute Gasteiger partial charge is 0.463 e. The van der Waals surface area contributed by atoms with Gasteiger partial charge in [-0.25, -0.2) is 14.8 Å². The monoisotopic (exact) mass is 489 g/mol. The van der Waals surface area contributed by atoms with Gasteiger partial charge in [0.25, 0.3) is 5.56 Å². The second-order valence-electron chi connectivity index (χ2n) is 7.76. The molecule has 0 saturated heterocycles. The minimum atomic E-state index is -0.633. The normalized spacial score (nSPS) is 15.9. The molecule has 34 heavy (non-hydrogen) atoms. The average molecular weight is 490 g/mol. The van der Waals surface area contributed by atoms with E-state index < -0.39 is 12.0 Å². The van der Waals surface area contributed by atoms with E-state index in [1.807, 2.05) is 54.6 Å². The first kappa shape index (κ1) is 22.3. The van der Waals surface area contributed by atoms with Crippen LogP contribution in [0.3, 0.4) is 0 Å². The van der Waals surface area contributed by atoms with Crippen LogP contribution in [0.4, 0.5) is 0 Å². The number of fused-ring (bicyclic) bond motifs is 2. The van der Waals surface area contributed by atoms with Crippen LogP contribution in [0.2, 0.25) is 5.02 Å². The molecule has 0 N–H and O–H groups in total. The summed E-state index contributed by atoms with van der Waals surface area (Å²) in [6, 6.07) is 18.1. The summed E-state index contributed by atoms with van der Waals surface area (Å²) in [5.74, 6) is -0.477. The highest BCUT2D eigenvalue weighted by Gasteiger charge is 2.33. The molecule has 1 atom stereocenters. The zero-order chi connectivity index (χ0) is 23.8. The fraction of sp³-hybridized carbons (Fsp3) is 0.154. The first-order chi connectivity index (χ1) is 16.5. The van der Waals surface area contributed by atoms with Crippen molar-refractivity contribution in [2.75, 3.05) is 6.61 Å². The molecule has 0 unspecified atom stereocenters. The third-order valence-electron chi connectivity index (χ3n) is 5.60. The van der Waals surface area contributed by atoms with E-state index in [0.29, 0.717) is 31.3 Å². The first-order valence-electron chi connectivity index (χ1n) is 10.8. The summed E-state index contributed by atoms with van der Waals surface area (Å²) in [5.41, 5.74) is 2.77. The number of allylic oxidation sites excluding steroid dienone is 1. The van der Waals surface area contributed by atoms with Crippen molar-refractivity contribution in [3.8, 4) is 0 Å². The van der Waals surface area contributed by atoms with E-state index in [-0.39, 0.29) is 12.2 Å². The maximum Gasteiger partial charge on any atom is 0.338 e. The number of ether oxygens (including phenoxy) is 1. The Balaban J connectivity index is 1.72. The topological polar surface area (TPSA) is 73.6 Å². The van der Waals surface area contributed by atoms with Crippen molar-refractivity contribution < 1.29 is 9.53 Å². The molecule has 0 saturated carbocycles. The van der Waals surface area contributed by atoms with Crippen molar-refractivity contribution in [3.63, 3.8) is 0 Å². The smallest absolute Gasteiger partial charge is 0.338 e. The van der Waals surface area contributed by atoms with Gasteiger partial charge in [-0.05, 0) is 37.6 Å². The number of hydrogen-bond donors (Lipinski definition) is 0. The van der Waals surface area contributed by atoms with Gasteiger partial charge in [-0.2, -0.15) is 0 Å². The zero-order valence-corrected chi connectivity index (χ0v) is 20.1. The second kappa shape index (κ2) is 9.00. The summed E-state index contributed by atoms with van der Waals surface area (Å²) in [6.07, 6.45) is 1.72. The molecule has 0 aliphatic carbocycles. The van der Waals surface area contributed by atoms with Gasteiger partial charge in [-0.1, -0.05) is 71.5 Å². The highest BCUT2D eigenvalue weighted by molar-refractivity contribution is 7.07. The number of esters is 1. The van der Waals surface area contributed by atoms with Crippen LogP contribution < -0.4 is 14.9 Å². The van der Waals surface area contributed by atoms with E-state index in [4.69, 9.17) is 16.3 Å². The number of carbonyl (C=O) groups excluding carboxylic acids is 1. The van der Waals surface area contributed by atoms with Gasteiger partial charge in [-0.3, -0.25) is 9.36 Å². The number of rotatable bonds is 4. The van der Waals surface area contributed by atoms with Gasteiger partial charge in [0, 0.05) is 5.39 Å². The lowest BCUT2D eigenvalue weighted by Crippen LogP contribution is -2.39.